The second kappa shape index (κ2) is 7.28. The number of ether oxygens (including phenoxy) is 1. The van der Waals surface area contributed by atoms with Crippen molar-refractivity contribution in [1.29, 1.82) is 0 Å². The van der Waals surface area contributed by atoms with Crippen LogP contribution in [0.2, 0.25) is 0 Å². The van der Waals surface area contributed by atoms with Gasteiger partial charge in [-0.15, -0.1) is 0 Å². The minimum Gasteiger partial charge on any atom is -0.469 e. The van der Waals surface area contributed by atoms with Crippen molar-refractivity contribution in [2.45, 2.75) is 19.3 Å². The highest BCUT2D eigenvalue weighted by molar-refractivity contribution is 5.95. The molecule has 0 bridgehead atoms. The lowest BCUT2D eigenvalue weighted by Gasteiger charge is -1.96. The van der Waals surface area contributed by atoms with E-state index in [0.717, 1.165) is 0 Å². The van der Waals surface area contributed by atoms with Crippen molar-refractivity contribution in [2.75, 3.05) is 7.11 Å². The molecule has 72 valence electrons. The molecule has 0 saturated heterocycles. The van der Waals surface area contributed by atoms with Crippen LogP contribution in [0, 0.1) is 0 Å². The fraction of sp³-hybridized carbons (Fsp3) is 0.400. The molecule has 0 N–H and O–H groups in total. The molecule has 0 amide bonds. The molecule has 0 rings (SSSR count). The number of carbonyl (C=O) groups is 2. The van der Waals surface area contributed by atoms with Crippen LogP contribution in [0.15, 0.2) is 24.8 Å². The molecule has 0 aliphatic heterocycles. The van der Waals surface area contributed by atoms with E-state index in [1.54, 1.807) is 12.2 Å². The van der Waals surface area contributed by atoms with E-state index in [1.807, 2.05) is 6.08 Å². The second-order valence-electron chi connectivity index (χ2n) is 2.49. The van der Waals surface area contributed by atoms with Crippen LogP contribution in [0.1, 0.15) is 19.3 Å². The lowest BCUT2D eigenvalue weighted by atomic mass is 10.1. The number of allylic oxidation sites excluding steroid dienone is 3. The van der Waals surface area contributed by atoms with Crippen LogP contribution in [0.3, 0.4) is 0 Å². The average Bonchev–Trinajstić information content (AvgIpc) is 2.12. The minimum absolute atomic E-state index is 0.0967. The molecule has 3 heteroatoms. The first-order valence-electron chi connectivity index (χ1n) is 4.06. The van der Waals surface area contributed by atoms with Crippen LogP contribution < -0.4 is 0 Å². The highest BCUT2D eigenvalue weighted by Gasteiger charge is 2.07. The Labute approximate surface area is 78.1 Å². The second-order valence-corrected chi connectivity index (χ2v) is 2.49. The van der Waals surface area contributed by atoms with Gasteiger partial charge in [0.15, 0.2) is 0 Å². The first kappa shape index (κ1) is 11.6. The Morgan fingerprint density at radius 1 is 1.46 bits per heavy atom. The summed E-state index contributed by atoms with van der Waals surface area (Å²) in [6.07, 6.45) is 6.14. The molecule has 0 aromatic rings. The molecule has 0 heterocycles. The Morgan fingerprint density at radius 2 is 2.15 bits per heavy atom. The molecule has 0 aromatic carbocycles. The number of Topliss-reactive ketones (excluding diaryl/α,β-unsaturated/α-hetero) is 1. The van der Waals surface area contributed by atoms with Crippen molar-refractivity contribution >= 4 is 11.8 Å². The zero-order chi connectivity index (χ0) is 10.1. The van der Waals surface area contributed by atoms with E-state index in [2.05, 4.69) is 11.3 Å². The van der Waals surface area contributed by atoms with Gasteiger partial charge < -0.3 is 4.74 Å². The third-order valence-corrected chi connectivity index (χ3v) is 1.43. The maximum atomic E-state index is 11.0. The van der Waals surface area contributed by atoms with E-state index < -0.39 is 5.97 Å². The topological polar surface area (TPSA) is 43.4 Å². The Bertz CT molecular complexity index is 216. The lowest BCUT2D eigenvalue weighted by Crippen LogP contribution is -2.08. The quantitative estimate of drug-likeness (QED) is 0.356. The first-order valence-corrected chi connectivity index (χ1v) is 4.06. The molecule has 3 nitrogen and oxygen atoms in total. The molecule has 0 aromatic heterocycles. The van der Waals surface area contributed by atoms with Gasteiger partial charge in [0.05, 0.1) is 7.11 Å². The van der Waals surface area contributed by atoms with Gasteiger partial charge in [0.1, 0.15) is 12.2 Å². The molecular weight excluding hydrogens is 168 g/mol. The van der Waals surface area contributed by atoms with Crippen molar-refractivity contribution in [3.63, 3.8) is 0 Å². The summed E-state index contributed by atoms with van der Waals surface area (Å²) in [5.74, 6) is -0.571. The number of methoxy groups -OCH3 is 1. The zero-order valence-electron chi connectivity index (χ0n) is 7.79. The highest BCUT2D eigenvalue weighted by atomic mass is 16.5. The van der Waals surface area contributed by atoms with Gasteiger partial charge in [-0.25, -0.2) is 0 Å². The van der Waals surface area contributed by atoms with E-state index in [9.17, 15) is 9.59 Å². The highest BCUT2D eigenvalue weighted by Crippen LogP contribution is 1.97. The predicted molar refractivity (Wildman–Crippen MR) is 50.2 cm³/mol. The predicted octanol–water partition coefficient (Wildman–Crippen LogP) is 1.64. The molecule has 0 saturated carbocycles. The molecule has 13 heavy (non-hydrogen) atoms. The summed E-state index contributed by atoms with van der Waals surface area (Å²) < 4.78 is 4.35. The molecule has 0 fully saturated rings. The van der Waals surface area contributed by atoms with E-state index >= 15 is 0 Å². The molecule has 0 atom stereocenters. The number of hydrogen-bond acceptors (Lipinski definition) is 3. The van der Waals surface area contributed by atoms with Crippen LogP contribution in [0.4, 0.5) is 0 Å². The number of esters is 1. The molecule has 0 spiro atoms. The normalized spacial score (nSPS) is 9.92. The van der Waals surface area contributed by atoms with Crippen molar-refractivity contribution in [3.8, 4) is 0 Å². The maximum absolute atomic E-state index is 11.0. The summed E-state index contributed by atoms with van der Waals surface area (Å²) in [7, 11) is 1.27. The van der Waals surface area contributed by atoms with Crippen molar-refractivity contribution in [1.82, 2.24) is 0 Å². The fourth-order valence-electron chi connectivity index (χ4n) is 0.758. The van der Waals surface area contributed by atoms with Crippen molar-refractivity contribution < 1.29 is 14.3 Å². The van der Waals surface area contributed by atoms with Gasteiger partial charge in [-0.1, -0.05) is 24.8 Å². The monoisotopic (exact) mass is 182 g/mol. The van der Waals surface area contributed by atoms with Gasteiger partial charge in [-0.3, -0.25) is 9.59 Å². The van der Waals surface area contributed by atoms with Gasteiger partial charge >= 0.3 is 5.97 Å². The first-order chi connectivity index (χ1) is 6.20. The van der Waals surface area contributed by atoms with E-state index in [1.165, 1.54) is 7.11 Å². The summed E-state index contributed by atoms with van der Waals surface area (Å²) in [4.78, 5) is 21.6. The zero-order valence-corrected chi connectivity index (χ0v) is 7.79. The Morgan fingerprint density at radius 3 is 2.69 bits per heavy atom. The standard InChI is InChI=1S/C10H14O3/c1-3-4-5-6-7-9(11)8-10(12)13-2/h3-5H,1,6-8H2,2H3/b5-4+. The van der Waals surface area contributed by atoms with Crippen LogP contribution in [0.5, 0.6) is 0 Å². The Kier molecular flexibility index (Phi) is 6.51. The van der Waals surface area contributed by atoms with Gasteiger partial charge in [-0.05, 0) is 6.42 Å². The minimum atomic E-state index is -0.474. The van der Waals surface area contributed by atoms with E-state index in [-0.39, 0.29) is 12.2 Å². The van der Waals surface area contributed by atoms with E-state index in [4.69, 9.17) is 0 Å². The molecular formula is C10H14O3. The average molecular weight is 182 g/mol. The molecule has 0 aliphatic rings. The number of hydrogen-bond donors (Lipinski definition) is 0. The van der Waals surface area contributed by atoms with Crippen molar-refractivity contribution in [3.05, 3.63) is 24.8 Å². The van der Waals surface area contributed by atoms with Gasteiger partial charge in [-0.2, -0.15) is 0 Å². The fourth-order valence-corrected chi connectivity index (χ4v) is 0.758. The lowest BCUT2D eigenvalue weighted by molar-refractivity contribution is -0.143. The van der Waals surface area contributed by atoms with E-state index in [0.29, 0.717) is 12.8 Å². The van der Waals surface area contributed by atoms with Crippen LogP contribution in [-0.2, 0) is 14.3 Å². The SMILES string of the molecule is C=C/C=C/CCC(=O)CC(=O)OC. The van der Waals surface area contributed by atoms with Gasteiger partial charge in [0, 0.05) is 6.42 Å². The Balaban J connectivity index is 3.57. The molecule has 0 aliphatic carbocycles. The van der Waals surface area contributed by atoms with Crippen molar-refractivity contribution in [2.24, 2.45) is 0 Å². The third-order valence-electron chi connectivity index (χ3n) is 1.43. The number of rotatable bonds is 6. The summed E-state index contributed by atoms with van der Waals surface area (Å²) in [5, 5.41) is 0. The summed E-state index contributed by atoms with van der Waals surface area (Å²) >= 11 is 0. The smallest absolute Gasteiger partial charge is 0.313 e. The third kappa shape index (κ3) is 7.00. The van der Waals surface area contributed by atoms with Crippen LogP contribution in [0.25, 0.3) is 0 Å². The Hall–Kier alpha value is -1.38. The van der Waals surface area contributed by atoms with Crippen LogP contribution in [-0.4, -0.2) is 18.9 Å². The largest absolute Gasteiger partial charge is 0.469 e. The summed E-state index contributed by atoms with van der Waals surface area (Å²) in [6.45, 7) is 3.49. The summed E-state index contributed by atoms with van der Waals surface area (Å²) in [5.41, 5.74) is 0. The van der Waals surface area contributed by atoms with Crippen LogP contribution >= 0.6 is 0 Å². The maximum Gasteiger partial charge on any atom is 0.313 e. The summed E-state index contributed by atoms with van der Waals surface area (Å²) in [6, 6.07) is 0. The van der Waals surface area contributed by atoms with Gasteiger partial charge in [0.2, 0.25) is 0 Å². The number of ketones is 1. The molecule has 0 radical (unpaired) electrons. The van der Waals surface area contributed by atoms with Gasteiger partial charge in [0.25, 0.3) is 0 Å². The number of carbonyl (C=O) groups excluding carboxylic acids is 2. The molecule has 0 unspecified atom stereocenters.